The number of carbonyl (C=O) groups is 9. The monoisotopic (exact) mass is 1740 g/mol. The molecule has 7 aromatic heterocycles. The zero-order valence-corrected chi connectivity index (χ0v) is 71.4. The van der Waals surface area contributed by atoms with Crippen molar-refractivity contribution in [2.45, 2.75) is 77.0 Å². The van der Waals surface area contributed by atoms with Gasteiger partial charge in [0.25, 0.3) is 29.5 Å². The van der Waals surface area contributed by atoms with Crippen LogP contribution in [0.15, 0.2) is 90.2 Å². The maximum atomic E-state index is 14.9. The molecule has 1 saturated carbocycles. The number of hydrogen-bond donors (Lipinski definition) is 8. The fourth-order valence-corrected chi connectivity index (χ4v) is 14.4. The van der Waals surface area contributed by atoms with E-state index < -0.39 is 59.0 Å². The highest BCUT2D eigenvalue weighted by molar-refractivity contribution is 6.05. The summed E-state index contributed by atoms with van der Waals surface area (Å²) in [5.41, 5.74) is 5.48. The van der Waals surface area contributed by atoms with Crippen LogP contribution in [-0.4, -0.2) is 275 Å². The standard InChI is InChI=1S/C83H109F2N21O19/c1-53-74(54(2)125-98-53)55-9-16-64-63(43-55)93-75(106(64)58-10-13-60(116-8)14-11-58)67-49-104(52-73(110)105(67)59-12-15-61(84)62(85)46-59)26-28-118-30-32-120-34-36-122-38-40-124-42-41-123-39-37-121-35-33-119-31-29-117-27-24-86-70(107)17-20-90-81(113)77-96-68(50-102(77)6)94-71(108)18-21-89-80(112)66-45-57(48-101(66)5)92-83(115)78-97-69(51-103(78)7)95-72(109)19-22-88-79(111)65-44-56(47-100(65)4)91-82(114)76-87-23-25-99(76)3/h9,12,15-16,23,25,43-48,50-51,58,60,67H,10-11,13-14,17-22,24,26-42,49,52H2,1-8H3,(H,86,107)(H,88,111)(H,89,112)(H,90,113)(H,91,114)(H,92,115)(H,94,108)(H,95,109)/t58?,60?,67-/m0/s1. The molecule has 2 aromatic carbocycles. The number of nitrogens with one attached hydrogen (secondary N) is 8. The van der Waals surface area contributed by atoms with Crippen molar-refractivity contribution in [1.29, 1.82) is 0 Å². The Labute approximate surface area is 719 Å². The molecule has 9 amide bonds. The molecule has 42 heteroatoms. The van der Waals surface area contributed by atoms with Crippen molar-refractivity contribution in [1.82, 2.24) is 78.7 Å². The van der Waals surface area contributed by atoms with Crippen LogP contribution in [0.25, 0.3) is 22.2 Å². The van der Waals surface area contributed by atoms with Crippen LogP contribution >= 0.6 is 0 Å². The number of fused-ring (bicyclic) bond motifs is 1. The van der Waals surface area contributed by atoms with Crippen LogP contribution in [0, 0.1) is 25.5 Å². The number of aryl methyl sites for hydroxylation is 7. The first kappa shape index (κ1) is 93.7. The highest BCUT2D eigenvalue weighted by Gasteiger charge is 2.40. The van der Waals surface area contributed by atoms with Gasteiger partial charge in [-0.15, -0.1) is 0 Å². The van der Waals surface area contributed by atoms with Gasteiger partial charge in [0.15, 0.2) is 29.1 Å². The third-order valence-corrected chi connectivity index (χ3v) is 20.6. The molecule has 0 bridgehead atoms. The van der Waals surface area contributed by atoms with Crippen molar-refractivity contribution in [3.63, 3.8) is 0 Å². The van der Waals surface area contributed by atoms with E-state index in [0.717, 1.165) is 65.7 Å². The molecule has 125 heavy (non-hydrogen) atoms. The topological polar surface area (TPSA) is 447 Å². The fraction of sp³-hybridized carbons (Fsp3) is 0.494. The van der Waals surface area contributed by atoms with Crippen LogP contribution in [-0.2, 0) is 97.0 Å². The molecule has 8 heterocycles. The van der Waals surface area contributed by atoms with Gasteiger partial charge in [-0.05, 0) is 81.5 Å². The van der Waals surface area contributed by atoms with Gasteiger partial charge in [-0.3, -0.25) is 53.0 Å². The zero-order chi connectivity index (χ0) is 88.9. The predicted molar refractivity (Wildman–Crippen MR) is 450 cm³/mol. The predicted octanol–water partition coefficient (Wildman–Crippen LogP) is 5.07. The molecular weight excluding hydrogens is 1630 g/mol. The number of piperazine rings is 1. The molecular formula is C83H109F2N21O19. The van der Waals surface area contributed by atoms with Crippen LogP contribution < -0.4 is 47.4 Å². The van der Waals surface area contributed by atoms with Crippen LogP contribution in [0.5, 0.6) is 0 Å². The van der Waals surface area contributed by atoms with Crippen molar-refractivity contribution in [2.75, 3.05) is 185 Å². The number of ether oxygens (including phenoxy) is 9. The first-order chi connectivity index (χ1) is 60.4. The SMILES string of the molecule is COC1CCC(n2c([C@@H]3CN(CCOCCOCCOCCOCCOCCOCCOCCOCCNC(=O)CCNC(=O)c4nc(NC(=O)CCNC(=O)c5cc(NC(=O)c6nc(NC(=O)CCNC(=O)c7cc(NC(=O)c8nccn8C)cn7C)cn6C)cn5C)cn4C)CC(=O)N3c3ccc(F)c(F)c3)nc3cc(-c4c(C)noc4C)ccc32)CC1. The van der Waals surface area contributed by atoms with E-state index in [0.29, 0.717) is 129 Å². The summed E-state index contributed by atoms with van der Waals surface area (Å²) in [6.07, 6.45) is 12.3. The third kappa shape index (κ3) is 26.8. The van der Waals surface area contributed by atoms with E-state index >= 15 is 0 Å². The Morgan fingerprint density at radius 2 is 1.01 bits per heavy atom. The maximum Gasteiger partial charge on any atom is 0.291 e. The van der Waals surface area contributed by atoms with Gasteiger partial charge in [-0.1, -0.05) is 11.2 Å². The maximum absolute atomic E-state index is 14.9. The van der Waals surface area contributed by atoms with Crippen LogP contribution in [0.3, 0.4) is 0 Å². The van der Waals surface area contributed by atoms with Crippen molar-refractivity contribution in [3.05, 3.63) is 143 Å². The van der Waals surface area contributed by atoms with Crippen molar-refractivity contribution >= 4 is 92.9 Å². The lowest BCUT2D eigenvalue weighted by atomic mass is 9.92. The quantitative estimate of drug-likeness (QED) is 0.0231. The Balaban J connectivity index is 0.459. The van der Waals surface area contributed by atoms with Crippen LogP contribution in [0.4, 0.5) is 37.5 Å². The normalized spacial score (nSPS) is 14.8. The smallest absolute Gasteiger partial charge is 0.291 e. The number of benzene rings is 2. The lowest BCUT2D eigenvalue weighted by molar-refractivity contribution is -0.123. The number of carbonyl (C=O) groups excluding carboxylic acids is 9. The summed E-state index contributed by atoms with van der Waals surface area (Å²) < 4.78 is 95.3. The van der Waals surface area contributed by atoms with Gasteiger partial charge < -0.3 is 117 Å². The van der Waals surface area contributed by atoms with E-state index in [-0.39, 0.29) is 134 Å². The van der Waals surface area contributed by atoms with E-state index in [4.69, 9.17) is 52.1 Å². The molecule has 0 unspecified atom stereocenters. The Morgan fingerprint density at radius 3 is 1.51 bits per heavy atom. The Morgan fingerprint density at radius 1 is 0.504 bits per heavy atom. The number of nitrogens with zero attached hydrogens (tertiary/aromatic N) is 13. The Kier molecular flexibility index (Phi) is 35.0. The number of amides is 9. The highest BCUT2D eigenvalue weighted by Crippen LogP contribution is 2.41. The summed E-state index contributed by atoms with van der Waals surface area (Å²) >= 11 is 0. The first-order valence-corrected chi connectivity index (χ1v) is 41.2. The molecule has 674 valence electrons. The summed E-state index contributed by atoms with van der Waals surface area (Å²) in [7, 11) is 9.76. The minimum absolute atomic E-state index is 0.0109. The molecule has 2 fully saturated rings. The first-order valence-electron chi connectivity index (χ1n) is 41.2. The molecule has 2 aliphatic rings. The number of imidazole rings is 4. The lowest BCUT2D eigenvalue weighted by Crippen LogP contribution is -2.53. The van der Waals surface area contributed by atoms with Gasteiger partial charge in [0.2, 0.25) is 35.3 Å². The number of halogens is 2. The third-order valence-electron chi connectivity index (χ3n) is 20.6. The molecule has 9 aromatic rings. The van der Waals surface area contributed by atoms with Gasteiger partial charge in [0.05, 0.1) is 146 Å². The molecule has 0 radical (unpaired) electrons. The number of anilines is 5. The number of hydrogen-bond acceptors (Lipinski definition) is 25. The molecule has 1 saturated heterocycles. The molecule has 1 atom stereocenters. The molecule has 0 spiro atoms. The number of rotatable bonds is 50. The average Bonchev–Trinajstić information content (AvgIpc) is 1.62. The summed E-state index contributed by atoms with van der Waals surface area (Å²) in [4.78, 5) is 139. The summed E-state index contributed by atoms with van der Waals surface area (Å²) in [6, 6.07) is 12.0. The van der Waals surface area contributed by atoms with Gasteiger partial charge in [0, 0.05) is 161 Å². The number of methoxy groups -OCH3 is 1. The summed E-state index contributed by atoms with van der Waals surface area (Å²) in [5.74, 6) is -4.69. The highest BCUT2D eigenvalue weighted by atomic mass is 19.2. The van der Waals surface area contributed by atoms with Crippen molar-refractivity contribution in [3.8, 4) is 11.1 Å². The lowest BCUT2D eigenvalue weighted by Gasteiger charge is -2.41. The van der Waals surface area contributed by atoms with Gasteiger partial charge in [-0.25, -0.2) is 28.7 Å². The van der Waals surface area contributed by atoms with Gasteiger partial charge >= 0.3 is 0 Å². The average molecular weight is 1740 g/mol. The van der Waals surface area contributed by atoms with Crippen LogP contribution in [0.1, 0.15) is 127 Å². The van der Waals surface area contributed by atoms with Crippen molar-refractivity contribution in [2.24, 2.45) is 35.2 Å². The largest absolute Gasteiger partial charge is 0.381 e. The summed E-state index contributed by atoms with van der Waals surface area (Å²) in [5, 5.41) is 25.5. The van der Waals surface area contributed by atoms with Gasteiger partial charge in [0.1, 0.15) is 29.0 Å². The molecule has 40 nitrogen and oxygen atoms in total. The second-order valence-corrected chi connectivity index (χ2v) is 29.7. The Bertz CT molecular complexity index is 5140. The van der Waals surface area contributed by atoms with E-state index in [1.54, 1.807) is 64.2 Å². The van der Waals surface area contributed by atoms with Gasteiger partial charge in [-0.2, -0.15) is 0 Å². The van der Waals surface area contributed by atoms with E-state index in [2.05, 4.69) is 73.3 Å². The number of aromatic nitrogens is 11. The van der Waals surface area contributed by atoms with E-state index in [9.17, 15) is 51.9 Å². The minimum Gasteiger partial charge on any atom is -0.381 e. The van der Waals surface area contributed by atoms with E-state index in [1.807, 2.05) is 30.9 Å². The molecule has 1 aliphatic heterocycles. The van der Waals surface area contributed by atoms with Crippen molar-refractivity contribution < 1.29 is 99.1 Å². The minimum atomic E-state index is -1.05. The molecule has 11 rings (SSSR count). The molecule has 1 aliphatic carbocycles. The Hall–Kier alpha value is -12.0. The van der Waals surface area contributed by atoms with E-state index in [1.165, 1.54) is 61.3 Å². The second kappa shape index (κ2) is 46.6. The second-order valence-electron chi connectivity index (χ2n) is 29.7. The fourth-order valence-electron chi connectivity index (χ4n) is 14.4. The van der Waals surface area contributed by atoms with Crippen LogP contribution in [0.2, 0.25) is 0 Å². The zero-order valence-electron chi connectivity index (χ0n) is 71.4. The molecule has 8 N–H and O–H groups in total. The summed E-state index contributed by atoms with van der Waals surface area (Å²) in [6.45, 7) is 10.3.